The van der Waals surface area contributed by atoms with Gasteiger partial charge in [0.2, 0.25) is 0 Å². The van der Waals surface area contributed by atoms with E-state index in [1.807, 2.05) is 29.9 Å². The lowest BCUT2D eigenvalue weighted by atomic mass is 10.2. The van der Waals surface area contributed by atoms with E-state index in [-0.39, 0.29) is 0 Å². The van der Waals surface area contributed by atoms with Gasteiger partial charge in [-0.2, -0.15) is 5.26 Å². The molecule has 0 bridgehead atoms. The fourth-order valence-electron chi connectivity index (χ4n) is 1.51. The van der Waals surface area contributed by atoms with E-state index in [2.05, 4.69) is 11.1 Å². The highest BCUT2D eigenvalue weighted by molar-refractivity contribution is 5.79. The van der Waals surface area contributed by atoms with Gasteiger partial charge in [0.05, 0.1) is 23.5 Å². The van der Waals surface area contributed by atoms with Gasteiger partial charge in [0.15, 0.2) is 0 Å². The predicted octanol–water partition coefficient (Wildman–Crippen LogP) is 1.64. The van der Waals surface area contributed by atoms with Crippen LogP contribution in [0.25, 0.3) is 11.0 Å². The van der Waals surface area contributed by atoms with Gasteiger partial charge in [0, 0.05) is 25.0 Å². The van der Waals surface area contributed by atoms with Gasteiger partial charge in [0.1, 0.15) is 0 Å². The minimum absolute atomic E-state index is 0.425. The zero-order chi connectivity index (χ0) is 9.26. The molecule has 0 spiro atoms. The van der Waals surface area contributed by atoms with E-state index in [1.165, 1.54) is 0 Å². The third kappa shape index (κ3) is 1.17. The maximum Gasteiger partial charge on any atom is 0.0923 e. The maximum absolute atomic E-state index is 8.60. The summed E-state index contributed by atoms with van der Waals surface area (Å²) in [6.07, 6.45) is 4.14. The number of pyridine rings is 1. The zero-order valence-corrected chi connectivity index (χ0v) is 7.36. The Balaban J connectivity index is 2.72. The monoisotopic (exact) mass is 171 g/mol. The molecule has 0 atom stereocenters. The third-order valence-corrected chi connectivity index (χ3v) is 2.09. The lowest BCUT2D eigenvalue weighted by molar-refractivity contribution is 0.960. The highest BCUT2D eigenvalue weighted by atomic mass is 14.9. The van der Waals surface area contributed by atoms with Crippen molar-refractivity contribution in [1.82, 2.24) is 9.55 Å². The van der Waals surface area contributed by atoms with Gasteiger partial charge >= 0.3 is 0 Å². The van der Waals surface area contributed by atoms with Crippen molar-refractivity contribution in [3.8, 4) is 6.07 Å². The normalized spacial score (nSPS) is 10.2. The van der Waals surface area contributed by atoms with Gasteiger partial charge in [-0.1, -0.05) is 0 Å². The molecule has 0 fully saturated rings. The van der Waals surface area contributed by atoms with E-state index in [1.54, 1.807) is 6.20 Å². The summed E-state index contributed by atoms with van der Waals surface area (Å²) in [6, 6.07) is 6.04. The minimum atomic E-state index is 0.425. The summed E-state index contributed by atoms with van der Waals surface area (Å²) in [5, 5.41) is 8.60. The molecule has 64 valence electrons. The van der Waals surface area contributed by atoms with Crippen molar-refractivity contribution in [2.75, 3.05) is 0 Å². The van der Waals surface area contributed by atoms with Gasteiger partial charge in [-0.25, -0.2) is 0 Å². The number of hydrogen-bond acceptors (Lipinski definition) is 2. The number of aryl methyl sites for hydroxylation is 1. The number of hydrogen-bond donors (Lipinski definition) is 0. The predicted molar refractivity (Wildman–Crippen MR) is 50.0 cm³/mol. The summed E-state index contributed by atoms with van der Waals surface area (Å²) in [5.41, 5.74) is 3.01. The van der Waals surface area contributed by atoms with E-state index >= 15 is 0 Å². The molecule has 0 amide bonds. The molecular formula is C10H9N3. The van der Waals surface area contributed by atoms with Crippen LogP contribution in [-0.4, -0.2) is 9.55 Å². The van der Waals surface area contributed by atoms with Crippen molar-refractivity contribution < 1.29 is 0 Å². The Hall–Kier alpha value is -1.82. The van der Waals surface area contributed by atoms with Crippen molar-refractivity contribution in [1.29, 1.82) is 5.26 Å². The molecule has 0 aliphatic rings. The molecule has 0 radical (unpaired) electrons. The molecule has 2 heterocycles. The standard InChI is InChI=1S/C10H9N3/c1-13-7-8(4-5-11)10-9(13)3-2-6-12-10/h2-3,6-7H,4H2,1H3. The first-order chi connectivity index (χ1) is 6.33. The average Bonchev–Trinajstić information content (AvgIpc) is 2.46. The molecule has 13 heavy (non-hydrogen) atoms. The maximum atomic E-state index is 8.60. The van der Waals surface area contributed by atoms with Crippen molar-refractivity contribution in [2.45, 2.75) is 6.42 Å². The van der Waals surface area contributed by atoms with Gasteiger partial charge < -0.3 is 4.57 Å². The molecule has 0 aromatic carbocycles. The first kappa shape index (κ1) is 7.81. The topological polar surface area (TPSA) is 41.6 Å². The van der Waals surface area contributed by atoms with E-state index in [4.69, 9.17) is 5.26 Å². The van der Waals surface area contributed by atoms with Gasteiger partial charge in [-0.15, -0.1) is 0 Å². The molecule has 2 rings (SSSR count). The largest absolute Gasteiger partial charge is 0.349 e. The van der Waals surface area contributed by atoms with E-state index < -0.39 is 0 Å². The van der Waals surface area contributed by atoms with Crippen molar-refractivity contribution in [3.63, 3.8) is 0 Å². The second kappa shape index (κ2) is 2.91. The lowest BCUT2D eigenvalue weighted by Crippen LogP contribution is -1.82. The van der Waals surface area contributed by atoms with Crippen LogP contribution in [0.15, 0.2) is 24.5 Å². The van der Waals surface area contributed by atoms with Crippen LogP contribution in [0.2, 0.25) is 0 Å². The smallest absolute Gasteiger partial charge is 0.0923 e. The lowest BCUT2D eigenvalue weighted by Gasteiger charge is -1.92. The molecule has 0 aliphatic carbocycles. The average molecular weight is 171 g/mol. The Morgan fingerprint density at radius 3 is 3.23 bits per heavy atom. The Labute approximate surface area is 76.2 Å². The van der Waals surface area contributed by atoms with E-state index in [9.17, 15) is 0 Å². The second-order valence-electron chi connectivity index (χ2n) is 2.97. The van der Waals surface area contributed by atoms with Crippen LogP contribution < -0.4 is 0 Å². The van der Waals surface area contributed by atoms with E-state index in [0.29, 0.717) is 6.42 Å². The molecule has 0 N–H and O–H groups in total. The zero-order valence-electron chi connectivity index (χ0n) is 7.36. The Morgan fingerprint density at radius 2 is 2.46 bits per heavy atom. The first-order valence-corrected chi connectivity index (χ1v) is 4.09. The van der Waals surface area contributed by atoms with Gasteiger partial charge in [0.25, 0.3) is 0 Å². The summed E-state index contributed by atoms with van der Waals surface area (Å²) in [4.78, 5) is 4.25. The van der Waals surface area contributed by atoms with Crippen LogP contribution in [0.4, 0.5) is 0 Å². The van der Waals surface area contributed by atoms with Crippen molar-refractivity contribution >= 4 is 11.0 Å². The van der Waals surface area contributed by atoms with Gasteiger partial charge in [-0.3, -0.25) is 4.98 Å². The van der Waals surface area contributed by atoms with Crippen LogP contribution in [0, 0.1) is 11.3 Å². The van der Waals surface area contributed by atoms with Gasteiger partial charge in [-0.05, 0) is 12.1 Å². The van der Waals surface area contributed by atoms with Crippen LogP contribution in [-0.2, 0) is 13.5 Å². The number of nitrogens with zero attached hydrogens (tertiary/aromatic N) is 3. The third-order valence-electron chi connectivity index (χ3n) is 2.09. The van der Waals surface area contributed by atoms with Crippen LogP contribution >= 0.6 is 0 Å². The first-order valence-electron chi connectivity index (χ1n) is 4.09. The number of rotatable bonds is 1. The second-order valence-corrected chi connectivity index (χ2v) is 2.97. The summed E-state index contributed by atoms with van der Waals surface area (Å²) >= 11 is 0. The molecule has 0 aliphatic heterocycles. The van der Waals surface area contributed by atoms with Crippen molar-refractivity contribution in [2.24, 2.45) is 7.05 Å². The molecular weight excluding hydrogens is 162 g/mol. The summed E-state index contributed by atoms with van der Waals surface area (Å²) in [6.45, 7) is 0. The van der Waals surface area contributed by atoms with Crippen LogP contribution in [0.5, 0.6) is 0 Å². The summed E-state index contributed by atoms with van der Waals surface area (Å²) < 4.78 is 2.00. The highest BCUT2D eigenvalue weighted by Gasteiger charge is 2.05. The molecule has 3 heteroatoms. The molecule has 2 aromatic heterocycles. The summed E-state index contributed by atoms with van der Waals surface area (Å²) in [7, 11) is 1.96. The molecule has 0 unspecified atom stereocenters. The molecule has 0 saturated heterocycles. The Morgan fingerprint density at radius 1 is 1.62 bits per heavy atom. The number of nitriles is 1. The van der Waals surface area contributed by atoms with E-state index in [0.717, 1.165) is 16.6 Å². The fraction of sp³-hybridized carbons (Fsp3) is 0.200. The summed E-state index contributed by atoms with van der Waals surface area (Å²) in [5.74, 6) is 0. The Kier molecular flexibility index (Phi) is 1.75. The number of aromatic nitrogens is 2. The van der Waals surface area contributed by atoms with Crippen molar-refractivity contribution in [3.05, 3.63) is 30.1 Å². The fourth-order valence-corrected chi connectivity index (χ4v) is 1.51. The molecule has 3 nitrogen and oxygen atoms in total. The molecule has 0 saturated carbocycles. The number of fused-ring (bicyclic) bond motifs is 1. The van der Waals surface area contributed by atoms with Crippen LogP contribution in [0.3, 0.4) is 0 Å². The highest BCUT2D eigenvalue weighted by Crippen LogP contribution is 2.17. The quantitative estimate of drug-likeness (QED) is 0.654. The molecule has 2 aromatic rings. The Bertz CT molecular complexity index is 476. The van der Waals surface area contributed by atoms with Crippen LogP contribution in [0.1, 0.15) is 5.56 Å². The SMILES string of the molecule is Cn1cc(CC#N)c2ncccc21. The minimum Gasteiger partial charge on any atom is -0.349 e.